The van der Waals surface area contributed by atoms with Gasteiger partial charge in [-0.1, -0.05) is 58.3 Å². The van der Waals surface area contributed by atoms with E-state index in [1.165, 1.54) is 38.5 Å². The molecule has 24 heavy (non-hydrogen) atoms. The average Bonchev–Trinajstić information content (AvgIpc) is 2.56. The minimum absolute atomic E-state index is 0.235. The van der Waals surface area contributed by atoms with E-state index >= 15 is 0 Å². The van der Waals surface area contributed by atoms with E-state index in [0.29, 0.717) is 6.42 Å². The van der Waals surface area contributed by atoms with Crippen LogP contribution in [0.3, 0.4) is 0 Å². The molecule has 1 atom stereocenters. The zero-order valence-corrected chi connectivity index (χ0v) is 15.1. The van der Waals surface area contributed by atoms with E-state index in [1.54, 1.807) is 0 Å². The van der Waals surface area contributed by atoms with Crippen molar-refractivity contribution in [3.63, 3.8) is 0 Å². The first-order chi connectivity index (χ1) is 11.5. The fraction of sp³-hybridized carbons (Fsp3) is 0.833. The fourth-order valence-electron chi connectivity index (χ4n) is 2.16. The number of unbranched alkanes of at least 4 members (excludes halogenated alkanes) is 8. The number of hydrogen-bond acceptors (Lipinski definition) is 6. The summed E-state index contributed by atoms with van der Waals surface area (Å²) in [4.78, 5) is 33.0. The first kappa shape index (κ1) is 22.6. The molecule has 0 saturated carbocycles. The molecule has 0 aliphatic heterocycles. The number of rotatable bonds is 15. The van der Waals surface area contributed by atoms with Crippen molar-refractivity contribution in [2.75, 3.05) is 13.2 Å². The average molecular weight is 344 g/mol. The second kappa shape index (κ2) is 15.1. The van der Waals surface area contributed by atoms with Crippen molar-refractivity contribution in [2.45, 2.75) is 84.2 Å². The largest absolute Gasteiger partial charge is 0.463 e. The van der Waals surface area contributed by atoms with E-state index in [-0.39, 0.29) is 19.2 Å². The molecule has 0 bridgehead atoms. The Balaban J connectivity index is 3.46. The number of hydrogen-bond donors (Lipinski definition) is 1. The first-order valence-corrected chi connectivity index (χ1v) is 8.98. The van der Waals surface area contributed by atoms with Crippen molar-refractivity contribution < 1.29 is 29.0 Å². The highest BCUT2D eigenvalue weighted by Crippen LogP contribution is 2.10. The zero-order valence-electron chi connectivity index (χ0n) is 15.1. The van der Waals surface area contributed by atoms with Gasteiger partial charge in [-0.25, -0.2) is 4.79 Å². The van der Waals surface area contributed by atoms with Gasteiger partial charge >= 0.3 is 11.9 Å². The third-order valence-electron chi connectivity index (χ3n) is 3.62. The van der Waals surface area contributed by atoms with Crippen molar-refractivity contribution in [1.29, 1.82) is 0 Å². The van der Waals surface area contributed by atoms with Crippen LogP contribution < -0.4 is 0 Å². The smallest absolute Gasteiger partial charge is 0.374 e. The van der Waals surface area contributed by atoms with Gasteiger partial charge in [-0.05, 0) is 6.42 Å². The Bertz CT molecular complexity index is 367. The summed E-state index contributed by atoms with van der Waals surface area (Å²) < 4.78 is 9.43. The molecule has 0 aromatic heterocycles. The molecule has 0 rings (SSSR count). The number of aliphatic hydroxyl groups excluding tert-OH is 1. The van der Waals surface area contributed by atoms with E-state index in [4.69, 9.17) is 4.74 Å². The van der Waals surface area contributed by atoms with Crippen LogP contribution in [0.25, 0.3) is 0 Å². The molecule has 140 valence electrons. The molecule has 0 aliphatic rings. The van der Waals surface area contributed by atoms with Crippen LogP contribution in [-0.4, -0.2) is 42.1 Å². The number of aliphatic hydroxyl groups is 1. The van der Waals surface area contributed by atoms with Gasteiger partial charge in [-0.2, -0.15) is 0 Å². The Morgan fingerprint density at radius 1 is 0.833 bits per heavy atom. The number of carbonyl (C=O) groups is 3. The van der Waals surface area contributed by atoms with E-state index in [9.17, 15) is 19.5 Å². The van der Waals surface area contributed by atoms with Gasteiger partial charge < -0.3 is 14.6 Å². The molecule has 0 saturated heterocycles. The molecule has 0 fully saturated rings. The molecule has 0 aliphatic carbocycles. The first-order valence-electron chi connectivity index (χ1n) is 8.98. The lowest BCUT2D eigenvalue weighted by atomic mass is 10.1. The van der Waals surface area contributed by atoms with Crippen LogP contribution in [0, 0.1) is 0 Å². The second-order valence-electron chi connectivity index (χ2n) is 6.07. The maximum absolute atomic E-state index is 11.5. The summed E-state index contributed by atoms with van der Waals surface area (Å²) in [6.45, 7) is 2.70. The zero-order chi connectivity index (χ0) is 18.2. The number of carbonyl (C=O) groups excluding carboxylic acids is 3. The van der Waals surface area contributed by atoms with E-state index < -0.39 is 17.9 Å². The maximum Gasteiger partial charge on any atom is 0.374 e. The molecule has 0 spiro atoms. The van der Waals surface area contributed by atoms with Crippen molar-refractivity contribution in [1.82, 2.24) is 0 Å². The van der Waals surface area contributed by atoms with Gasteiger partial charge in [-0.15, -0.1) is 0 Å². The molecule has 0 amide bonds. The highest BCUT2D eigenvalue weighted by Gasteiger charge is 2.14. The monoisotopic (exact) mass is 344 g/mol. The molecular weight excluding hydrogens is 312 g/mol. The van der Waals surface area contributed by atoms with Crippen LogP contribution in [-0.2, 0) is 23.9 Å². The quantitative estimate of drug-likeness (QED) is 0.279. The molecule has 0 heterocycles. The summed E-state index contributed by atoms with van der Waals surface area (Å²) in [6.07, 6.45) is 9.77. The SMILES string of the molecule is CCCCCCCCCCCC(=O)OCC(O)COC(=O)C(C)=O. The molecule has 1 N–H and O–H groups in total. The predicted octanol–water partition coefficient (Wildman–Crippen LogP) is 2.94. The van der Waals surface area contributed by atoms with Gasteiger partial charge in [0.05, 0.1) is 0 Å². The van der Waals surface area contributed by atoms with Crippen LogP contribution in [0.4, 0.5) is 0 Å². The number of ether oxygens (including phenoxy) is 2. The highest BCUT2D eigenvalue weighted by molar-refractivity contribution is 6.32. The van der Waals surface area contributed by atoms with E-state index in [2.05, 4.69) is 11.7 Å². The van der Waals surface area contributed by atoms with Gasteiger partial charge in [-0.3, -0.25) is 9.59 Å². The lowest BCUT2D eigenvalue weighted by molar-refractivity contribution is -0.157. The molecule has 0 aromatic carbocycles. The third kappa shape index (κ3) is 14.2. The van der Waals surface area contributed by atoms with Crippen molar-refractivity contribution in [3.8, 4) is 0 Å². The van der Waals surface area contributed by atoms with Crippen molar-refractivity contribution in [3.05, 3.63) is 0 Å². The van der Waals surface area contributed by atoms with Gasteiger partial charge in [0.15, 0.2) is 0 Å². The Hall–Kier alpha value is -1.43. The summed E-state index contributed by atoms with van der Waals surface area (Å²) in [5.41, 5.74) is 0. The third-order valence-corrected chi connectivity index (χ3v) is 3.62. The highest BCUT2D eigenvalue weighted by atomic mass is 16.6. The molecular formula is C18H32O6. The van der Waals surface area contributed by atoms with Crippen molar-refractivity contribution >= 4 is 17.7 Å². The molecule has 0 radical (unpaired) electrons. The van der Waals surface area contributed by atoms with Crippen LogP contribution in [0.1, 0.15) is 78.1 Å². The molecule has 6 heteroatoms. The molecule has 0 aromatic rings. The minimum Gasteiger partial charge on any atom is -0.463 e. The molecule has 6 nitrogen and oxygen atoms in total. The Morgan fingerprint density at radius 2 is 1.33 bits per heavy atom. The van der Waals surface area contributed by atoms with Crippen molar-refractivity contribution in [2.24, 2.45) is 0 Å². The predicted molar refractivity (Wildman–Crippen MR) is 90.4 cm³/mol. The number of Topliss-reactive ketones (excluding diaryl/α,β-unsaturated/α-hetero) is 1. The maximum atomic E-state index is 11.5. The lowest BCUT2D eigenvalue weighted by Crippen LogP contribution is -2.27. The number of ketones is 1. The van der Waals surface area contributed by atoms with Gasteiger partial charge in [0.1, 0.15) is 19.3 Å². The van der Waals surface area contributed by atoms with Gasteiger partial charge in [0, 0.05) is 13.3 Å². The Labute approximate surface area is 144 Å². The normalized spacial score (nSPS) is 11.8. The van der Waals surface area contributed by atoms with Gasteiger partial charge in [0.25, 0.3) is 0 Å². The topological polar surface area (TPSA) is 89.9 Å². The second-order valence-corrected chi connectivity index (χ2v) is 6.07. The summed E-state index contributed by atoms with van der Waals surface area (Å²) in [5, 5.41) is 9.49. The summed E-state index contributed by atoms with van der Waals surface area (Å²) >= 11 is 0. The lowest BCUT2D eigenvalue weighted by Gasteiger charge is -2.11. The van der Waals surface area contributed by atoms with Gasteiger partial charge in [0.2, 0.25) is 5.78 Å². The fourth-order valence-corrected chi connectivity index (χ4v) is 2.16. The van der Waals surface area contributed by atoms with Crippen LogP contribution >= 0.6 is 0 Å². The summed E-state index contributed by atoms with van der Waals surface area (Å²) in [6, 6.07) is 0. The Morgan fingerprint density at radius 3 is 1.88 bits per heavy atom. The van der Waals surface area contributed by atoms with E-state index in [1.807, 2.05) is 0 Å². The van der Waals surface area contributed by atoms with Crippen LogP contribution in [0.5, 0.6) is 0 Å². The summed E-state index contributed by atoms with van der Waals surface area (Å²) in [5.74, 6) is -2.10. The minimum atomic E-state index is -1.11. The van der Waals surface area contributed by atoms with E-state index in [0.717, 1.165) is 26.2 Å². The van der Waals surface area contributed by atoms with Crippen LogP contribution in [0.2, 0.25) is 0 Å². The standard InChI is InChI=1S/C18H32O6/c1-3-4-5-6-7-8-9-10-11-12-17(21)23-13-16(20)14-24-18(22)15(2)19/h16,20H,3-14H2,1-2H3. The number of esters is 2. The summed E-state index contributed by atoms with van der Waals surface area (Å²) in [7, 11) is 0. The molecule has 1 unspecified atom stereocenters. The van der Waals surface area contributed by atoms with Crippen LogP contribution in [0.15, 0.2) is 0 Å². The Kier molecular flexibility index (Phi) is 14.2.